The van der Waals surface area contributed by atoms with E-state index in [1.54, 1.807) is 0 Å². The van der Waals surface area contributed by atoms with Crippen molar-refractivity contribution in [1.82, 2.24) is 4.90 Å². The molecule has 0 amide bonds. The average Bonchev–Trinajstić information content (AvgIpc) is 2.84. The van der Waals surface area contributed by atoms with Crippen LogP contribution in [0, 0.1) is 11.6 Å². The number of halogens is 2. The fourth-order valence-corrected chi connectivity index (χ4v) is 3.17. The van der Waals surface area contributed by atoms with Crippen LogP contribution in [0.15, 0.2) is 12.1 Å². The summed E-state index contributed by atoms with van der Waals surface area (Å²) in [5, 5.41) is 8.77. The first-order valence-corrected chi connectivity index (χ1v) is 6.77. The number of piperazine rings is 1. The Hall–Kier alpha value is -1.69. The number of nitrogens with zero attached hydrogens (tertiary/aromatic N) is 2. The molecule has 2 aliphatic heterocycles. The van der Waals surface area contributed by atoms with Crippen LogP contribution in [0.2, 0.25) is 0 Å². The molecule has 0 aromatic heterocycles. The Morgan fingerprint density at radius 1 is 1.20 bits per heavy atom. The summed E-state index contributed by atoms with van der Waals surface area (Å²) < 4.78 is 27.5. The molecule has 2 saturated heterocycles. The van der Waals surface area contributed by atoms with Crippen LogP contribution in [-0.2, 0) is 0 Å². The third kappa shape index (κ3) is 2.24. The average molecular weight is 282 g/mol. The zero-order chi connectivity index (χ0) is 14.3. The normalized spacial score (nSPS) is 22.9. The Bertz CT molecular complexity index is 527. The lowest BCUT2D eigenvalue weighted by Gasteiger charge is -2.38. The van der Waals surface area contributed by atoms with Crippen LogP contribution >= 0.6 is 0 Å². The van der Waals surface area contributed by atoms with E-state index in [-0.39, 0.29) is 0 Å². The van der Waals surface area contributed by atoms with E-state index in [1.165, 1.54) is 6.42 Å². The van der Waals surface area contributed by atoms with E-state index in [2.05, 4.69) is 4.90 Å². The van der Waals surface area contributed by atoms with E-state index in [0.29, 0.717) is 18.3 Å². The van der Waals surface area contributed by atoms with Crippen LogP contribution in [0.4, 0.5) is 14.5 Å². The van der Waals surface area contributed by atoms with Gasteiger partial charge in [-0.3, -0.25) is 4.90 Å². The minimum absolute atomic E-state index is 0.427. The first kappa shape index (κ1) is 13.3. The molecule has 0 aliphatic carbocycles. The lowest BCUT2D eigenvalue weighted by Crippen LogP contribution is -2.50. The summed E-state index contributed by atoms with van der Waals surface area (Å²) in [5.74, 6) is -3.60. The highest BCUT2D eigenvalue weighted by Gasteiger charge is 2.31. The van der Waals surface area contributed by atoms with Gasteiger partial charge >= 0.3 is 5.97 Å². The number of fused-ring (bicyclic) bond motifs is 1. The number of rotatable bonds is 2. The molecule has 2 heterocycles. The van der Waals surface area contributed by atoms with Gasteiger partial charge in [0.05, 0.1) is 0 Å². The van der Waals surface area contributed by atoms with E-state index in [4.69, 9.17) is 5.11 Å². The monoisotopic (exact) mass is 282 g/mol. The van der Waals surface area contributed by atoms with Crippen LogP contribution < -0.4 is 4.90 Å². The Morgan fingerprint density at radius 3 is 2.55 bits per heavy atom. The minimum Gasteiger partial charge on any atom is -0.477 e. The van der Waals surface area contributed by atoms with Crippen molar-refractivity contribution < 1.29 is 18.7 Å². The Labute approximate surface area is 115 Å². The molecule has 108 valence electrons. The van der Waals surface area contributed by atoms with Gasteiger partial charge in [-0.05, 0) is 31.5 Å². The number of carboxylic acid groups (broad SMARTS) is 1. The maximum Gasteiger partial charge on any atom is 0.341 e. The second-order valence-corrected chi connectivity index (χ2v) is 5.37. The van der Waals surface area contributed by atoms with Crippen molar-refractivity contribution in [3.8, 4) is 0 Å². The molecule has 1 aromatic carbocycles. The smallest absolute Gasteiger partial charge is 0.341 e. The van der Waals surface area contributed by atoms with Crippen LogP contribution in [0.1, 0.15) is 23.2 Å². The molecule has 1 N–H and O–H groups in total. The van der Waals surface area contributed by atoms with Crippen molar-refractivity contribution in [2.45, 2.75) is 18.9 Å². The van der Waals surface area contributed by atoms with E-state index >= 15 is 0 Å². The van der Waals surface area contributed by atoms with Gasteiger partial charge in [0.2, 0.25) is 0 Å². The molecule has 20 heavy (non-hydrogen) atoms. The maximum atomic E-state index is 13.7. The van der Waals surface area contributed by atoms with Gasteiger partial charge in [-0.1, -0.05) is 0 Å². The van der Waals surface area contributed by atoms with Gasteiger partial charge in [0, 0.05) is 31.4 Å². The highest BCUT2D eigenvalue weighted by molar-refractivity contribution is 5.88. The van der Waals surface area contributed by atoms with Crippen molar-refractivity contribution in [1.29, 1.82) is 0 Å². The summed E-state index contributed by atoms with van der Waals surface area (Å²) >= 11 is 0. The van der Waals surface area contributed by atoms with Crippen LogP contribution in [0.3, 0.4) is 0 Å². The zero-order valence-corrected chi connectivity index (χ0v) is 11.0. The third-order valence-corrected chi connectivity index (χ3v) is 4.19. The first-order valence-electron chi connectivity index (χ1n) is 6.77. The molecule has 6 heteroatoms. The number of carbonyl (C=O) groups is 1. The number of benzene rings is 1. The number of anilines is 1. The second kappa shape index (κ2) is 5.01. The highest BCUT2D eigenvalue weighted by Crippen LogP contribution is 2.27. The molecule has 1 aromatic rings. The molecule has 0 spiro atoms. The lowest BCUT2D eigenvalue weighted by atomic mass is 10.1. The molecular weight excluding hydrogens is 266 g/mol. The van der Waals surface area contributed by atoms with Gasteiger partial charge in [0.15, 0.2) is 0 Å². The fourth-order valence-electron chi connectivity index (χ4n) is 3.17. The van der Waals surface area contributed by atoms with Crippen molar-refractivity contribution in [3.05, 3.63) is 29.3 Å². The second-order valence-electron chi connectivity index (χ2n) is 5.37. The summed E-state index contributed by atoms with van der Waals surface area (Å²) in [6, 6.07) is 2.68. The molecule has 0 unspecified atom stereocenters. The van der Waals surface area contributed by atoms with Crippen molar-refractivity contribution in [2.75, 3.05) is 31.1 Å². The van der Waals surface area contributed by atoms with E-state index < -0.39 is 23.2 Å². The van der Waals surface area contributed by atoms with E-state index in [0.717, 1.165) is 38.2 Å². The third-order valence-electron chi connectivity index (χ3n) is 4.19. The summed E-state index contributed by atoms with van der Waals surface area (Å²) in [5.41, 5.74) is -0.454. The molecule has 2 fully saturated rings. The number of hydrogen-bond acceptors (Lipinski definition) is 3. The number of aromatic carboxylic acids is 1. The number of carboxylic acids is 1. The SMILES string of the molecule is O=C(O)c1c(F)cc(N2CCN3CCC[C@H]3C2)cc1F. The summed E-state index contributed by atoms with van der Waals surface area (Å²) in [6.45, 7) is 3.43. The van der Waals surface area contributed by atoms with Crippen LogP contribution in [0.5, 0.6) is 0 Å². The Balaban J connectivity index is 1.86. The fraction of sp³-hybridized carbons (Fsp3) is 0.500. The van der Waals surface area contributed by atoms with Crippen LogP contribution in [-0.4, -0.2) is 48.2 Å². The van der Waals surface area contributed by atoms with Gasteiger partial charge < -0.3 is 10.0 Å². The standard InChI is InChI=1S/C14H16F2N2O2/c15-11-6-10(7-12(16)13(11)14(19)20)18-5-4-17-3-1-2-9(17)8-18/h6-7,9H,1-5,8H2,(H,19,20)/t9-/m0/s1. The topological polar surface area (TPSA) is 43.8 Å². The molecule has 1 atom stereocenters. The largest absolute Gasteiger partial charge is 0.477 e. The zero-order valence-electron chi connectivity index (χ0n) is 11.0. The molecule has 0 radical (unpaired) electrons. The predicted octanol–water partition coefficient (Wildman–Crippen LogP) is 1.95. The van der Waals surface area contributed by atoms with Crippen molar-refractivity contribution >= 4 is 11.7 Å². The van der Waals surface area contributed by atoms with Crippen molar-refractivity contribution in [2.24, 2.45) is 0 Å². The quantitative estimate of drug-likeness (QED) is 0.900. The van der Waals surface area contributed by atoms with E-state index in [9.17, 15) is 13.6 Å². The maximum absolute atomic E-state index is 13.7. The molecule has 2 aliphatic rings. The minimum atomic E-state index is -1.58. The van der Waals surface area contributed by atoms with Crippen molar-refractivity contribution in [3.63, 3.8) is 0 Å². The van der Waals surface area contributed by atoms with Gasteiger partial charge in [-0.2, -0.15) is 0 Å². The van der Waals surface area contributed by atoms with Gasteiger partial charge in [0.25, 0.3) is 0 Å². The Kier molecular flexibility index (Phi) is 3.33. The molecule has 0 bridgehead atoms. The summed E-state index contributed by atoms with van der Waals surface area (Å²) in [4.78, 5) is 15.1. The summed E-state index contributed by atoms with van der Waals surface area (Å²) in [6.07, 6.45) is 2.27. The Morgan fingerprint density at radius 2 is 1.90 bits per heavy atom. The molecule has 3 rings (SSSR count). The molecule has 4 nitrogen and oxygen atoms in total. The predicted molar refractivity (Wildman–Crippen MR) is 70.1 cm³/mol. The summed E-state index contributed by atoms with van der Waals surface area (Å²) in [7, 11) is 0. The first-order chi connectivity index (χ1) is 9.56. The van der Waals surface area contributed by atoms with Gasteiger partial charge in [-0.15, -0.1) is 0 Å². The highest BCUT2D eigenvalue weighted by atomic mass is 19.1. The van der Waals surface area contributed by atoms with Gasteiger partial charge in [0.1, 0.15) is 17.2 Å². The molecular formula is C14H16F2N2O2. The van der Waals surface area contributed by atoms with Gasteiger partial charge in [-0.25, -0.2) is 13.6 Å². The van der Waals surface area contributed by atoms with E-state index in [1.807, 2.05) is 4.90 Å². The number of hydrogen-bond donors (Lipinski definition) is 1. The molecule has 0 saturated carbocycles. The van der Waals surface area contributed by atoms with Crippen LogP contribution in [0.25, 0.3) is 0 Å². The lowest BCUT2D eigenvalue weighted by molar-refractivity contribution is 0.0686.